The maximum absolute atomic E-state index is 12.2. The van der Waals surface area contributed by atoms with Crippen LogP contribution in [0, 0.1) is 0 Å². The van der Waals surface area contributed by atoms with E-state index in [1.54, 1.807) is 53.8 Å². The average Bonchev–Trinajstić information content (AvgIpc) is 2.95. The van der Waals surface area contributed by atoms with Gasteiger partial charge in [-0.1, -0.05) is 13.0 Å². The number of aromatic nitrogens is 1. The van der Waals surface area contributed by atoms with Crippen LogP contribution in [0.4, 0.5) is 10.5 Å². The molecule has 22 heavy (non-hydrogen) atoms. The van der Waals surface area contributed by atoms with E-state index < -0.39 is 10.8 Å². The smallest absolute Gasteiger partial charge is 0.321 e. The van der Waals surface area contributed by atoms with Crippen molar-refractivity contribution in [2.24, 2.45) is 0 Å². The Bertz CT molecular complexity index is 685. The first-order valence-corrected chi connectivity index (χ1v) is 9.26. The molecule has 1 aromatic carbocycles. The first-order valence-electron chi connectivity index (χ1n) is 6.88. The summed E-state index contributed by atoms with van der Waals surface area (Å²) in [5.74, 6) is 0. The maximum atomic E-state index is 12.2. The highest BCUT2D eigenvalue weighted by molar-refractivity contribution is 7.84. The number of nitrogens with one attached hydrogen (secondary N) is 1. The van der Waals surface area contributed by atoms with E-state index in [0.717, 1.165) is 11.4 Å². The number of rotatable bonds is 5. The van der Waals surface area contributed by atoms with Crippen molar-refractivity contribution in [3.63, 3.8) is 0 Å². The van der Waals surface area contributed by atoms with Gasteiger partial charge in [-0.2, -0.15) is 0 Å². The number of hydrogen-bond acceptors (Lipinski definition) is 4. The molecule has 0 fully saturated rings. The first kappa shape index (κ1) is 16.6. The molecule has 1 heterocycles. The lowest BCUT2D eigenvalue weighted by Gasteiger charge is -2.16. The van der Waals surface area contributed by atoms with Crippen LogP contribution < -0.4 is 5.32 Å². The van der Waals surface area contributed by atoms with Gasteiger partial charge >= 0.3 is 6.03 Å². The minimum Gasteiger partial charge on any atom is -0.321 e. The molecule has 7 heteroatoms. The predicted molar refractivity (Wildman–Crippen MR) is 90.8 cm³/mol. The normalized spacial score (nSPS) is 12.0. The van der Waals surface area contributed by atoms with Crippen LogP contribution in [0.3, 0.4) is 0 Å². The zero-order valence-corrected chi connectivity index (χ0v) is 14.5. The van der Waals surface area contributed by atoms with Crippen molar-refractivity contribution in [1.82, 2.24) is 9.88 Å². The summed E-state index contributed by atoms with van der Waals surface area (Å²) in [6, 6.07) is 6.84. The zero-order valence-electron chi connectivity index (χ0n) is 12.8. The van der Waals surface area contributed by atoms with Gasteiger partial charge in [0.25, 0.3) is 0 Å². The zero-order chi connectivity index (χ0) is 16.1. The van der Waals surface area contributed by atoms with Gasteiger partial charge in [0.1, 0.15) is 5.01 Å². The SMILES string of the molecule is CCc1cnc(CN(C)C(=O)Nc2cccc([S@](C)=O)c2)s1. The second-order valence-electron chi connectivity index (χ2n) is 4.84. The molecule has 0 bridgehead atoms. The Kier molecular flexibility index (Phi) is 5.68. The van der Waals surface area contributed by atoms with Gasteiger partial charge in [0, 0.05) is 45.8 Å². The Morgan fingerprint density at radius 2 is 2.23 bits per heavy atom. The minimum absolute atomic E-state index is 0.215. The quantitative estimate of drug-likeness (QED) is 0.912. The number of amides is 2. The maximum Gasteiger partial charge on any atom is 0.321 e. The van der Waals surface area contributed by atoms with Gasteiger partial charge < -0.3 is 10.2 Å². The Balaban J connectivity index is 1.99. The first-order chi connectivity index (χ1) is 10.5. The minimum atomic E-state index is -1.07. The lowest BCUT2D eigenvalue weighted by molar-refractivity contribution is 0.220. The average molecular weight is 337 g/mol. The van der Waals surface area contributed by atoms with Crippen molar-refractivity contribution in [3.8, 4) is 0 Å². The summed E-state index contributed by atoms with van der Waals surface area (Å²) in [5, 5.41) is 3.72. The van der Waals surface area contributed by atoms with E-state index in [4.69, 9.17) is 0 Å². The van der Waals surface area contributed by atoms with Crippen molar-refractivity contribution < 1.29 is 9.00 Å². The number of aryl methyl sites for hydroxylation is 1. The fourth-order valence-electron chi connectivity index (χ4n) is 1.83. The summed E-state index contributed by atoms with van der Waals surface area (Å²) in [4.78, 5) is 20.0. The lowest BCUT2D eigenvalue weighted by Crippen LogP contribution is -2.30. The van der Waals surface area contributed by atoms with Crippen molar-refractivity contribution >= 4 is 33.9 Å². The standard InChI is InChI=1S/C15H19N3O2S2/c1-4-12-9-16-14(21-12)10-18(2)15(19)17-11-6-5-7-13(8-11)22(3)20/h5-9H,4,10H2,1-3H3,(H,17,19)/t22-/m0/s1. The highest BCUT2D eigenvalue weighted by Crippen LogP contribution is 2.16. The van der Waals surface area contributed by atoms with Crippen LogP contribution in [0.25, 0.3) is 0 Å². The number of benzene rings is 1. The van der Waals surface area contributed by atoms with E-state index in [9.17, 15) is 9.00 Å². The number of hydrogen-bond donors (Lipinski definition) is 1. The molecule has 0 radical (unpaired) electrons. The Morgan fingerprint density at radius 3 is 2.86 bits per heavy atom. The van der Waals surface area contributed by atoms with Crippen LogP contribution in [0.1, 0.15) is 16.8 Å². The van der Waals surface area contributed by atoms with Crippen LogP contribution in [0.15, 0.2) is 35.4 Å². The van der Waals surface area contributed by atoms with E-state index in [2.05, 4.69) is 17.2 Å². The van der Waals surface area contributed by atoms with Gasteiger partial charge in [-0.15, -0.1) is 11.3 Å². The summed E-state index contributed by atoms with van der Waals surface area (Å²) >= 11 is 1.62. The van der Waals surface area contributed by atoms with E-state index in [-0.39, 0.29) is 6.03 Å². The van der Waals surface area contributed by atoms with E-state index >= 15 is 0 Å². The van der Waals surface area contributed by atoms with Crippen LogP contribution in [0.5, 0.6) is 0 Å². The van der Waals surface area contributed by atoms with E-state index in [0.29, 0.717) is 17.1 Å². The Hall–Kier alpha value is -1.73. The number of carbonyl (C=O) groups excluding carboxylic acids is 1. The number of nitrogens with zero attached hydrogens (tertiary/aromatic N) is 2. The second-order valence-corrected chi connectivity index (χ2v) is 7.42. The Labute approximate surface area is 136 Å². The third kappa shape index (κ3) is 4.38. The van der Waals surface area contributed by atoms with Crippen molar-refractivity contribution in [3.05, 3.63) is 40.3 Å². The number of anilines is 1. The molecule has 2 aromatic rings. The third-order valence-electron chi connectivity index (χ3n) is 3.09. The van der Waals surface area contributed by atoms with Gasteiger partial charge in [-0.25, -0.2) is 9.78 Å². The molecule has 0 aliphatic heterocycles. The summed E-state index contributed by atoms with van der Waals surface area (Å²) in [7, 11) is 0.659. The van der Waals surface area contributed by atoms with Gasteiger partial charge in [0.05, 0.1) is 6.54 Å². The molecule has 1 atom stereocenters. The van der Waals surface area contributed by atoms with Crippen LogP contribution in [-0.4, -0.2) is 33.4 Å². The molecule has 0 unspecified atom stereocenters. The number of thiazole rings is 1. The molecule has 1 aromatic heterocycles. The highest BCUT2D eigenvalue weighted by atomic mass is 32.2. The molecule has 1 N–H and O–H groups in total. The topological polar surface area (TPSA) is 62.3 Å². The van der Waals surface area contributed by atoms with Gasteiger partial charge in [0.2, 0.25) is 0 Å². The third-order valence-corrected chi connectivity index (χ3v) is 5.13. The molecular weight excluding hydrogens is 318 g/mol. The lowest BCUT2D eigenvalue weighted by atomic mass is 10.3. The largest absolute Gasteiger partial charge is 0.321 e. The number of carbonyl (C=O) groups is 1. The van der Waals surface area contributed by atoms with Crippen LogP contribution >= 0.6 is 11.3 Å². The van der Waals surface area contributed by atoms with Gasteiger partial charge in [0.15, 0.2) is 0 Å². The van der Waals surface area contributed by atoms with Crippen LogP contribution in [-0.2, 0) is 23.8 Å². The van der Waals surface area contributed by atoms with Gasteiger partial charge in [-0.05, 0) is 24.6 Å². The molecule has 0 saturated heterocycles. The Morgan fingerprint density at radius 1 is 1.45 bits per heavy atom. The van der Waals surface area contributed by atoms with E-state index in [1.807, 2.05) is 6.20 Å². The molecule has 118 valence electrons. The second kappa shape index (κ2) is 7.51. The van der Waals surface area contributed by atoms with Crippen molar-refractivity contribution in [2.75, 3.05) is 18.6 Å². The summed E-state index contributed by atoms with van der Waals surface area (Å²) in [5.41, 5.74) is 0.637. The summed E-state index contributed by atoms with van der Waals surface area (Å²) in [6.45, 7) is 2.55. The van der Waals surface area contributed by atoms with Gasteiger partial charge in [-0.3, -0.25) is 4.21 Å². The molecule has 0 aliphatic rings. The molecule has 2 amide bonds. The molecule has 0 aliphatic carbocycles. The molecule has 2 rings (SSSR count). The monoisotopic (exact) mass is 337 g/mol. The fourth-order valence-corrected chi connectivity index (χ4v) is 3.31. The highest BCUT2D eigenvalue weighted by Gasteiger charge is 2.12. The molecule has 0 saturated carbocycles. The molecule has 0 spiro atoms. The van der Waals surface area contributed by atoms with Crippen LogP contribution in [0.2, 0.25) is 0 Å². The molecular formula is C15H19N3O2S2. The van der Waals surface area contributed by atoms with Crippen molar-refractivity contribution in [1.29, 1.82) is 0 Å². The fraction of sp³-hybridized carbons (Fsp3) is 0.333. The summed E-state index contributed by atoms with van der Waals surface area (Å²) < 4.78 is 11.5. The predicted octanol–water partition coefficient (Wildman–Crippen LogP) is 3.11. The van der Waals surface area contributed by atoms with Crippen molar-refractivity contribution in [2.45, 2.75) is 24.8 Å². The summed E-state index contributed by atoms with van der Waals surface area (Å²) in [6.07, 6.45) is 4.42. The van der Waals surface area contributed by atoms with E-state index in [1.165, 1.54) is 4.88 Å². The number of urea groups is 1. The molecule has 5 nitrogen and oxygen atoms in total.